The second-order valence-electron chi connectivity index (χ2n) is 19.7. The van der Waals surface area contributed by atoms with Gasteiger partial charge in [-0.3, -0.25) is 0 Å². The van der Waals surface area contributed by atoms with E-state index >= 15 is 0 Å². The van der Waals surface area contributed by atoms with Crippen molar-refractivity contribution in [1.29, 1.82) is 0 Å². The summed E-state index contributed by atoms with van der Waals surface area (Å²) in [4.78, 5) is -0.674. The van der Waals surface area contributed by atoms with Crippen LogP contribution in [0.4, 0.5) is 0 Å². The molecule has 3 rings (SSSR count). The van der Waals surface area contributed by atoms with E-state index in [-0.39, 0.29) is 5.41 Å². The summed E-state index contributed by atoms with van der Waals surface area (Å²) in [6.07, 6.45) is 5.52. The zero-order chi connectivity index (χ0) is 36.6. The maximum absolute atomic E-state index is 7.16. The minimum atomic E-state index is -2.53. The molecule has 3 heterocycles. The van der Waals surface area contributed by atoms with Crippen molar-refractivity contribution in [1.82, 2.24) is 0 Å². The first-order valence-electron chi connectivity index (χ1n) is 18.3. The highest BCUT2D eigenvalue weighted by Gasteiger charge is 2.76. The van der Waals surface area contributed by atoms with Crippen molar-refractivity contribution in [2.45, 2.75) is 207 Å². The van der Waals surface area contributed by atoms with Crippen molar-refractivity contribution >= 4 is 29.4 Å². The van der Waals surface area contributed by atoms with Crippen LogP contribution in [0.1, 0.15) is 152 Å². The van der Waals surface area contributed by atoms with Gasteiger partial charge >= 0.3 is 21.4 Å². The van der Waals surface area contributed by atoms with E-state index in [9.17, 15) is 0 Å². The maximum atomic E-state index is 7.16. The van der Waals surface area contributed by atoms with E-state index in [1.807, 2.05) is 0 Å². The minimum Gasteiger partial charge on any atom is -0.403 e. The zero-order valence-corrected chi connectivity index (χ0v) is 35.4. The maximum Gasteiger partial charge on any atom is 0.487 e. The van der Waals surface area contributed by atoms with Gasteiger partial charge in [0.25, 0.3) is 0 Å². The zero-order valence-electron chi connectivity index (χ0n) is 34.4. The average Bonchev–Trinajstić information content (AvgIpc) is 3.29. The van der Waals surface area contributed by atoms with Crippen LogP contribution in [0.3, 0.4) is 0 Å². The summed E-state index contributed by atoms with van der Waals surface area (Å²) in [6.45, 7) is 46.9. The largest absolute Gasteiger partial charge is 0.487 e. The Balaban J connectivity index is 2.33. The van der Waals surface area contributed by atoms with Crippen LogP contribution in [-0.2, 0) is 27.9 Å². The third kappa shape index (κ3) is 6.85. The molecule has 0 aliphatic carbocycles. The van der Waals surface area contributed by atoms with Crippen LogP contribution in [-0.4, -0.2) is 63.0 Å². The van der Waals surface area contributed by atoms with Gasteiger partial charge in [0.2, 0.25) is 0 Å². The number of hydrogen-bond donors (Lipinski definition) is 0. The van der Waals surface area contributed by atoms with E-state index in [1.165, 1.54) is 5.57 Å². The molecule has 6 nitrogen and oxygen atoms in total. The highest BCUT2D eigenvalue weighted by atomic mass is 28.3. The van der Waals surface area contributed by atoms with Crippen LogP contribution in [0.2, 0.25) is 21.5 Å². The third-order valence-corrected chi connectivity index (χ3v) is 21.1. The lowest BCUT2D eigenvalue weighted by molar-refractivity contribution is 0.00578. The van der Waals surface area contributed by atoms with Crippen LogP contribution in [0.5, 0.6) is 0 Å². The molecule has 0 spiro atoms. The molecule has 0 unspecified atom stereocenters. The molecule has 3 saturated heterocycles. The van der Waals surface area contributed by atoms with Crippen molar-refractivity contribution in [3.05, 3.63) is 23.7 Å². The van der Waals surface area contributed by atoms with Crippen LogP contribution >= 0.6 is 0 Å². The van der Waals surface area contributed by atoms with Crippen LogP contribution < -0.4 is 0 Å². The number of hydrogen-bond acceptors (Lipinski definition) is 6. The predicted molar refractivity (Wildman–Crippen MR) is 203 cm³/mol. The van der Waals surface area contributed by atoms with Crippen molar-refractivity contribution < 1.29 is 27.9 Å². The molecule has 268 valence electrons. The van der Waals surface area contributed by atoms with E-state index < -0.39 is 67.9 Å². The molecular weight excluding hydrogens is 601 g/mol. The summed E-state index contributed by atoms with van der Waals surface area (Å²) in [5.74, 6) is 2.20. The molecule has 3 fully saturated rings. The molecule has 0 N–H and O–H groups in total. The lowest BCUT2D eigenvalue weighted by atomic mass is 9.50. The Hall–Kier alpha value is -0.348. The van der Waals surface area contributed by atoms with Gasteiger partial charge in [-0.2, -0.15) is 0 Å². The highest BCUT2D eigenvalue weighted by Crippen LogP contribution is 2.65. The van der Waals surface area contributed by atoms with Gasteiger partial charge in [0.05, 0.1) is 46.5 Å². The second kappa shape index (κ2) is 12.7. The molecule has 0 bridgehead atoms. The molecule has 0 saturated carbocycles. The molecule has 0 aromatic heterocycles. The Bertz CT molecular complexity index is 1090. The third-order valence-electron chi connectivity index (χ3n) is 13.2. The quantitative estimate of drug-likeness (QED) is 0.170. The smallest absolute Gasteiger partial charge is 0.403 e. The Kier molecular flexibility index (Phi) is 11.1. The molecule has 0 amide bonds. The average molecular weight is 672 g/mol. The van der Waals surface area contributed by atoms with Crippen molar-refractivity contribution in [2.24, 2.45) is 5.41 Å². The first-order valence-corrected chi connectivity index (χ1v) is 20.5. The fourth-order valence-electron chi connectivity index (χ4n) is 8.52. The fourth-order valence-corrected chi connectivity index (χ4v) is 17.0. The van der Waals surface area contributed by atoms with Crippen LogP contribution in [0.15, 0.2) is 23.7 Å². The van der Waals surface area contributed by atoms with Gasteiger partial charge in [0, 0.05) is 0 Å². The van der Waals surface area contributed by atoms with Gasteiger partial charge in [-0.25, -0.2) is 0 Å². The summed E-state index contributed by atoms with van der Waals surface area (Å²) in [5.41, 5.74) is -0.551. The fraction of sp³-hybridized carbons (Fsp3) is 0.892. The van der Waals surface area contributed by atoms with Crippen molar-refractivity contribution in [3.8, 4) is 0 Å². The highest BCUT2D eigenvalue weighted by molar-refractivity contribution is 7.05. The number of rotatable bonds is 10. The first kappa shape index (κ1) is 41.1. The Morgan fingerprint density at radius 1 is 0.553 bits per heavy atom. The van der Waals surface area contributed by atoms with Crippen molar-refractivity contribution in [2.75, 3.05) is 0 Å². The topological polar surface area (TPSA) is 55.4 Å². The molecule has 10 heteroatoms. The lowest BCUT2D eigenvalue weighted by Crippen LogP contribution is -2.67. The Morgan fingerprint density at radius 2 is 0.851 bits per heavy atom. The Morgan fingerprint density at radius 3 is 1.13 bits per heavy atom. The van der Waals surface area contributed by atoms with Crippen LogP contribution in [0, 0.1) is 5.41 Å². The summed E-state index contributed by atoms with van der Waals surface area (Å²) in [6, 6.07) is 0. The van der Waals surface area contributed by atoms with Gasteiger partial charge in [0.15, 0.2) is 0 Å². The van der Waals surface area contributed by atoms with Gasteiger partial charge < -0.3 is 27.9 Å². The molecule has 0 radical (unpaired) electrons. The van der Waals surface area contributed by atoms with E-state index in [0.29, 0.717) is 16.6 Å². The summed E-state index contributed by atoms with van der Waals surface area (Å²) >= 11 is 0. The summed E-state index contributed by atoms with van der Waals surface area (Å²) in [7, 11) is -4.05. The lowest BCUT2D eigenvalue weighted by Gasteiger charge is -2.56. The monoisotopic (exact) mass is 673 g/mol. The molecule has 0 atom stereocenters. The van der Waals surface area contributed by atoms with Gasteiger partial charge in [-0.1, -0.05) is 103 Å². The predicted octanol–water partition coefficient (Wildman–Crippen LogP) is 10.2. The minimum absolute atomic E-state index is 0.103. The van der Waals surface area contributed by atoms with Gasteiger partial charge in [-0.05, 0) is 94.9 Å². The number of allylic oxidation sites excluding steroid dienone is 3. The van der Waals surface area contributed by atoms with Gasteiger partial charge in [0.1, 0.15) is 0 Å². The van der Waals surface area contributed by atoms with Crippen molar-refractivity contribution in [3.63, 3.8) is 0 Å². The molecule has 0 aromatic carbocycles. The normalized spacial score (nSPS) is 25.8. The van der Waals surface area contributed by atoms with Gasteiger partial charge in [-0.15, -0.1) is 0 Å². The Labute approximate surface area is 292 Å². The summed E-state index contributed by atoms with van der Waals surface area (Å²) in [5, 5.41) is 0. The molecular formula is C37H71B3O6Si. The summed E-state index contributed by atoms with van der Waals surface area (Å²) < 4.78 is 41.5. The van der Waals surface area contributed by atoms with E-state index in [4.69, 9.17) is 27.9 Å². The standard InChI is InChI=1S/C37H71B3O6Si/c1-26(2)47(27(3)4,28(5)6)37(39-43-33(14,15)34(16,17)44-39,40-45-35(18,19)36(20,21)46-40)24-22-23-29(30(7,8)9)25-38-41-31(10,11)32(12,13)42-38/h22,24-28H,23H2,1-21H3/b24-22+,29-25-. The second-order valence-corrected chi connectivity index (χ2v) is 25.9. The molecule has 47 heavy (non-hydrogen) atoms. The molecule has 0 aromatic rings. The van der Waals surface area contributed by atoms with E-state index in [1.54, 1.807) is 0 Å². The SMILES string of the molecule is CC(C)[Si](C(C)C)(C(C)C)C(/C=C/C/C(=C/B1OC(C)(C)C(C)(C)O1)C(C)(C)C)(B1OC(C)(C)C(C)(C)O1)B1OC(C)(C)C(C)(C)O1. The van der Waals surface area contributed by atoms with E-state index in [2.05, 4.69) is 164 Å². The van der Waals surface area contributed by atoms with Crippen LogP contribution in [0.25, 0.3) is 0 Å². The van der Waals surface area contributed by atoms with E-state index in [0.717, 1.165) is 6.42 Å². The first-order chi connectivity index (χ1) is 20.8. The molecule has 3 aliphatic heterocycles. The molecule has 3 aliphatic rings.